The number of fused-ring (bicyclic) bond motifs is 4. The minimum absolute atomic E-state index is 0.00785. The first-order valence-corrected chi connectivity index (χ1v) is 17.3. The van der Waals surface area contributed by atoms with Gasteiger partial charge in [-0.05, 0) is 45.1 Å². The van der Waals surface area contributed by atoms with Crippen LogP contribution >= 0.6 is 0 Å². The third kappa shape index (κ3) is 5.38. The van der Waals surface area contributed by atoms with Gasteiger partial charge in [0.15, 0.2) is 0 Å². The van der Waals surface area contributed by atoms with Gasteiger partial charge >= 0.3 is 0 Å². The molecule has 0 amide bonds. The molecule has 0 radical (unpaired) electrons. The van der Waals surface area contributed by atoms with E-state index in [-0.39, 0.29) is 51.7 Å². The van der Waals surface area contributed by atoms with Gasteiger partial charge in [-0.25, -0.2) is 4.98 Å². The molecule has 53 heavy (non-hydrogen) atoms. The summed E-state index contributed by atoms with van der Waals surface area (Å²) in [4.78, 5) is 9.04. The van der Waals surface area contributed by atoms with Gasteiger partial charge in [-0.15, -0.1) is 0 Å². The van der Waals surface area contributed by atoms with Crippen molar-refractivity contribution >= 4 is 32.6 Å². The van der Waals surface area contributed by atoms with Crippen LogP contribution in [0.5, 0.6) is 0 Å². The summed E-state index contributed by atoms with van der Waals surface area (Å²) in [6.45, 7) is 0. The van der Waals surface area contributed by atoms with Crippen molar-refractivity contribution in [2.45, 2.75) is 0 Å². The smallest absolute Gasteiger partial charge is 0.143 e. The number of benzene rings is 7. The van der Waals surface area contributed by atoms with Gasteiger partial charge < -0.3 is 4.42 Å². The second kappa shape index (κ2) is 12.9. The highest BCUT2D eigenvalue weighted by Crippen LogP contribution is 2.48. The molecule has 3 aromatic heterocycles. The number of pyridine rings is 2. The molecule has 0 fully saturated rings. The van der Waals surface area contributed by atoms with Crippen LogP contribution < -0.4 is 0 Å². The van der Waals surface area contributed by atoms with E-state index in [4.69, 9.17) is 19.0 Å². The largest absolute Gasteiger partial charge is 0.455 e. The lowest BCUT2D eigenvalue weighted by molar-refractivity contribution is 0.599. The maximum atomic E-state index is 9.09. The number of hydrogen-bond acceptors (Lipinski definition) is 3. The van der Waals surface area contributed by atoms with E-state index in [0.29, 0.717) is 5.56 Å². The van der Waals surface area contributed by atoms with Crippen LogP contribution in [0.1, 0.15) is 9.60 Å². The Kier molecular flexibility index (Phi) is 5.88. The second-order valence-corrected chi connectivity index (χ2v) is 12.8. The van der Waals surface area contributed by atoms with Crippen LogP contribution in [-0.2, 0) is 0 Å². The van der Waals surface area contributed by atoms with Gasteiger partial charge in [0.25, 0.3) is 0 Å². The molecule has 0 atom stereocenters. The minimum Gasteiger partial charge on any atom is -0.455 e. The van der Waals surface area contributed by atoms with Crippen LogP contribution in [0.2, 0.25) is 0 Å². The van der Waals surface area contributed by atoms with E-state index in [2.05, 4.69) is 65.6 Å². The van der Waals surface area contributed by atoms with Crippen molar-refractivity contribution in [3.05, 3.63) is 194 Å². The van der Waals surface area contributed by atoms with E-state index in [9.17, 15) is 0 Å². The Balaban J connectivity index is 1.13. The number of nitrogens with zero attached hydrogens (tertiary/aromatic N) is 2. The van der Waals surface area contributed by atoms with Crippen LogP contribution in [0.3, 0.4) is 0 Å². The lowest BCUT2D eigenvalue weighted by atomic mass is 9.90. The van der Waals surface area contributed by atoms with Gasteiger partial charge in [-0.2, -0.15) is 0 Å². The van der Waals surface area contributed by atoms with Crippen molar-refractivity contribution in [3.8, 4) is 67.3 Å². The van der Waals surface area contributed by atoms with Gasteiger partial charge in [0.05, 0.1) is 26.3 Å². The molecule has 248 valence electrons. The molecule has 10 rings (SSSR count). The van der Waals surface area contributed by atoms with Crippen LogP contribution in [-0.4, -0.2) is 9.97 Å². The molecule has 0 aliphatic rings. The Morgan fingerprint density at radius 2 is 0.906 bits per heavy atom. The lowest BCUT2D eigenvalue weighted by Crippen LogP contribution is -1.91. The van der Waals surface area contributed by atoms with Gasteiger partial charge in [-0.1, -0.05) is 176 Å². The van der Waals surface area contributed by atoms with Crippen molar-refractivity contribution in [2.24, 2.45) is 0 Å². The molecule has 3 heteroatoms. The Bertz CT molecular complexity index is 3320. The summed E-state index contributed by atoms with van der Waals surface area (Å²) in [5.41, 5.74) is 8.70. The summed E-state index contributed by atoms with van der Waals surface area (Å²) in [7, 11) is 0. The Morgan fingerprint density at radius 3 is 1.55 bits per heavy atom. The zero-order valence-electron chi connectivity index (χ0n) is 35.2. The molecule has 7 aromatic carbocycles. The van der Waals surface area contributed by atoms with Crippen LogP contribution in [0.25, 0.3) is 99.9 Å². The Hall–Kier alpha value is -7.10. The van der Waals surface area contributed by atoms with Crippen molar-refractivity contribution in [1.29, 1.82) is 0 Å². The summed E-state index contributed by atoms with van der Waals surface area (Å²) in [5.74, 6) is 1.55. The fourth-order valence-electron chi connectivity index (χ4n) is 7.19. The molecule has 3 nitrogen and oxygen atoms in total. The Labute approximate surface area is 317 Å². The monoisotopic (exact) mass is 683 g/mol. The summed E-state index contributed by atoms with van der Waals surface area (Å²) in [5, 5.41) is 1.55. The van der Waals surface area contributed by atoms with Gasteiger partial charge in [0.2, 0.25) is 0 Å². The Morgan fingerprint density at radius 1 is 0.415 bits per heavy atom. The van der Waals surface area contributed by atoms with Gasteiger partial charge in [0, 0.05) is 44.8 Å². The average Bonchev–Trinajstić information content (AvgIpc) is 3.70. The SMILES string of the molecule is [2H]c1nc2c(c([2H])c1[2H])c([2H])c([2H])c1c([2H])c([2H])c(-c3ccc(-c4ccc(-c5oc(-c6ccccc6)c(-c6ccccc6)c5-c5ccccc5)cc4)c4ccccc34)nc12. The second-order valence-electron chi connectivity index (χ2n) is 12.8. The van der Waals surface area contributed by atoms with Crippen LogP contribution in [0.4, 0.5) is 0 Å². The molecule has 10 aromatic rings. The number of furan rings is 1. The summed E-state index contributed by atoms with van der Waals surface area (Å²) in [6, 6.07) is 48.6. The molecular formula is C50H32N2O. The zero-order chi connectivity index (χ0) is 41.2. The number of rotatable bonds is 6. The first-order chi connectivity index (χ1) is 29.2. The molecule has 0 saturated heterocycles. The van der Waals surface area contributed by atoms with Gasteiger partial charge in [0.1, 0.15) is 11.5 Å². The minimum atomic E-state index is -0.465. The van der Waals surface area contributed by atoms with Gasteiger partial charge in [-0.3, -0.25) is 4.98 Å². The summed E-state index contributed by atoms with van der Waals surface area (Å²) < 4.78 is 67.2. The standard InChI is InChI=1S/C50H32N2O/c1-4-13-34(14-5-1)45-46(35-15-6-2-7-16-35)50(53-49(45)38-17-8-3-9-18-38)39-26-22-33(23-27-39)40-29-30-43(42-21-11-10-20-41(40)42)44-31-28-37-25-24-36-19-12-32-51-47(36)48(37)52-44/h1-32H/i12D,19D,24D,25D,28D,31D,32D. The van der Waals surface area contributed by atoms with E-state index >= 15 is 0 Å². The third-order valence-corrected chi connectivity index (χ3v) is 9.66. The normalized spacial score (nSPS) is 13.2. The fraction of sp³-hybridized carbons (Fsp3) is 0. The van der Waals surface area contributed by atoms with E-state index in [0.717, 1.165) is 66.8 Å². The van der Waals surface area contributed by atoms with Crippen LogP contribution in [0, 0.1) is 0 Å². The predicted octanol–water partition coefficient (Wildman–Crippen LogP) is 13.5. The van der Waals surface area contributed by atoms with Crippen LogP contribution in [0.15, 0.2) is 199 Å². The topological polar surface area (TPSA) is 38.9 Å². The first-order valence-electron chi connectivity index (χ1n) is 20.8. The number of hydrogen-bond donors (Lipinski definition) is 0. The maximum Gasteiger partial charge on any atom is 0.143 e. The van der Waals surface area contributed by atoms with E-state index < -0.39 is 18.3 Å². The first kappa shape index (κ1) is 24.2. The predicted molar refractivity (Wildman–Crippen MR) is 219 cm³/mol. The average molecular weight is 684 g/mol. The molecule has 0 aliphatic carbocycles. The number of aromatic nitrogens is 2. The van der Waals surface area contributed by atoms with Crippen molar-refractivity contribution in [3.63, 3.8) is 0 Å². The molecule has 0 N–H and O–H groups in total. The van der Waals surface area contributed by atoms with E-state index in [1.165, 1.54) is 0 Å². The molecule has 0 bridgehead atoms. The highest BCUT2D eigenvalue weighted by molar-refractivity contribution is 6.07. The highest BCUT2D eigenvalue weighted by Gasteiger charge is 2.25. The third-order valence-electron chi connectivity index (χ3n) is 9.66. The lowest BCUT2D eigenvalue weighted by Gasteiger charge is -2.13. The molecule has 0 saturated carbocycles. The molecule has 0 aliphatic heterocycles. The van der Waals surface area contributed by atoms with E-state index in [1.54, 1.807) is 0 Å². The summed E-state index contributed by atoms with van der Waals surface area (Å²) >= 11 is 0. The maximum absolute atomic E-state index is 9.09. The molecule has 0 spiro atoms. The fourth-order valence-corrected chi connectivity index (χ4v) is 7.19. The van der Waals surface area contributed by atoms with E-state index in [1.807, 2.05) is 91.0 Å². The van der Waals surface area contributed by atoms with Crippen molar-refractivity contribution in [2.75, 3.05) is 0 Å². The summed E-state index contributed by atoms with van der Waals surface area (Å²) in [6.07, 6.45) is -0.465. The quantitative estimate of drug-likeness (QED) is 0.164. The molecule has 3 heterocycles. The molecule has 0 unspecified atom stereocenters. The molecular weight excluding hydrogens is 645 g/mol. The van der Waals surface area contributed by atoms with Crippen molar-refractivity contribution < 1.29 is 14.0 Å². The van der Waals surface area contributed by atoms with Crippen molar-refractivity contribution in [1.82, 2.24) is 9.97 Å². The highest BCUT2D eigenvalue weighted by atomic mass is 16.3. The zero-order valence-corrected chi connectivity index (χ0v) is 28.2.